The highest BCUT2D eigenvalue weighted by molar-refractivity contribution is 6.88. The Hall–Kier alpha value is -1.78. The molecule has 0 bridgehead atoms. The van der Waals surface area contributed by atoms with E-state index >= 15 is 0 Å². The number of aryl methyl sites for hydroxylation is 1. The van der Waals surface area contributed by atoms with Gasteiger partial charge in [0.1, 0.15) is 0 Å². The van der Waals surface area contributed by atoms with Gasteiger partial charge in [0.2, 0.25) is 0 Å². The van der Waals surface area contributed by atoms with E-state index in [9.17, 15) is 0 Å². The lowest BCUT2D eigenvalue weighted by molar-refractivity contribution is 1.14. The Morgan fingerprint density at radius 2 is 1.50 bits per heavy atom. The SMILES string of the molecule is CCc1cccc(C#Cc2ccc([Si](C)(C)C)cc2)c1. The smallest absolute Gasteiger partial charge is 0.0656 e. The lowest BCUT2D eigenvalue weighted by atomic mass is 10.1. The summed E-state index contributed by atoms with van der Waals surface area (Å²) < 4.78 is 0. The largest absolute Gasteiger partial charge is 0.0775 e. The molecule has 0 spiro atoms. The summed E-state index contributed by atoms with van der Waals surface area (Å²) >= 11 is 0. The third-order valence-electron chi connectivity index (χ3n) is 3.44. The van der Waals surface area contributed by atoms with Crippen LogP contribution in [-0.2, 0) is 6.42 Å². The Balaban J connectivity index is 2.20. The minimum atomic E-state index is -1.20. The molecule has 2 aromatic rings. The third-order valence-corrected chi connectivity index (χ3v) is 5.50. The lowest BCUT2D eigenvalue weighted by Crippen LogP contribution is -2.37. The highest BCUT2D eigenvalue weighted by Crippen LogP contribution is 2.06. The molecule has 0 nitrogen and oxygen atoms in total. The minimum absolute atomic E-state index is 1.06. The molecule has 0 saturated heterocycles. The summed E-state index contributed by atoms with van der Waals surface area (Å²) in [7, 11) is -1.20. The maximum atomic E-state index is 3.26. The summed E-state index contributed by atoms with van der Waals surface area (Å²) in [6.45, 7) is 9.26. The summed E-state index contributed by atoms with van der Waals surface area (Å²) in [5, 5.41) is 1.48. The highest BCUT2D eigenvalue weighted by Gasteiger charge is 2.15. The Labute approximate surface area is 123 Å². The molecule has 0 saturated carbocycles. The molecule has 0 radical (unpaired) electrons. The molecule has 1 heteroatoms. The van der Waals surface area contributed by atoms with E-state index in [0.29, 0.717) is 0 Å². The molecular formula is C19H22Si. The van der Waals surface area contributed by atoms with Crippen LogP contribution in [0.3, 0.4) is 0 Å². The van der Waals surface area contributed by atoms with Gasteiger partial charge in [-0.15, -0.1) is 0 Å². The Kier molecular flexibility index (Phi) is 4.47. The van der Waals surface area contributed by atoms with Crippen molar-refractivity contribution in [2.45, 2.75) is 33.0 Å². The fraction of sp³-hybridized carbons (Fsp3) is 0.263. The van der Waals surface area contributed by atoms with Crippen molar-refractivity contribution in [1.82, 2.24) is 0 Å². The third kappa shape index (κ3) is 3.85. The van der Waals surface area contributed by atoms with Crippen molar-refractivity contribution in [1.29, 1.82) is 0 Å². The molecule has 0 aliphatic carbocycles. The van der Waals surface area contributed by atoms with Gasteiger partial charge in [0.15, 0.2) is 0 Å². The van der Waals surface area contributed by atoms with Gasteiger partial charge in [-0.2, -0.15) is 0 Å². The second-order valence-corrected chi connectivity index (χ2v) is 11.2. The molecule has 0 atom stereocenters. The fourth-order valence-electron chi connectivity index (χ4n) is 2.07. The Morgan fingerprint density at radius 3 is 2.10 bits per heavy atom. The first-order chi connectivity index (χ1) is 9.49. The summed E-state index contributed by atoms with van der Waals surface area (Å²) in [6.07, 6.45) is 1.06. The van der Waals surface area contributed by atoms with E-state index in [1.807, 2.05) is 0 Å². The number of benzene rings is 2. The van der Waals surface area contributed by atoms with Crippen LogP contribution in [0.15, 0.2) is 48.5 Å². The van der Waals surface area contributed by atoms with Gasteiger partial charge in [0, 0.05) is 11.1 Å². The fourth-order valence-corrected chi connectivity index (χ4v) is 3.23. The average Bonchev–Trinajstić information content (AvgIpc) is 2.45. The zero-order valence-corrected chi connectivity index (χ0v) is 13.8. The highest BCUT2D eigenvalue weighted by atomic mass is 28.3. The van der Waals surface area contributed by atoms with Crippen LogP contribution >= 0.6 is 0 Å². The predicted octanol–water partition coefficient (Wildman–Crippen LogP) is 4.19. The quantitative estimate of drug-likeness (QED) is 0.571. The second kappa shape index (κ2) is 6.11. The van der Waals surface area contributed by atoms with E-state index in [2.05, 4.69) is 86.9 Å². The standard InChI is InChI=1S/C19H22Si/c1-5-16-7-6-8-18(15-16)10-9-17-11-13-19(14-12-17)20(2,3)4/h6-8,11-15H,5H2,1-4H3. The van der Waals surface area contributed by atoms with Gasteiger partial charge in [0.05, 0.1) is 8.07 Å². The molecule has 20 heavy (non-hydrogen) atoms. The molecule has 2 rings (SSSR count). The van der Waals surface area contributed by atoms with Crippen molar-refractivity contribution in [3.63, 3.8) is 0 Å². The van der Waals surface area contributed by atoms with Gasteiger partial charge in [-0.3, -0.25) is 0 Å². The average molecular weight is 278 g/mol. The van der Waals surface area contributed by atoms with E-state index in [0.717, 1.165) is 17.5 Å². The maximum Gasteiger partial charge on any atom is 0.0775 e. The van der Waals surface area contributed by atoms with E-state index in [1.165, 1.54) is 10.8 Å². The number of rotatable bonds is 2. The van der Waals surface area contributed by atoms with Crippen molar-refractivity contribution in [2.75, 3.05) is 0 Å². The van der Waals surface area contributed by atoms with Crippen molar-refractivity contribution in [3.8, 4) is 11.8 Å². The normalized spacial score (nSPS) is 10.8. The first-order valence-electron chi connectivity index (χ1n) is 7.20. The molecule has 0 unspecified atom stereocenters. The summed E-state index contributed by atoms with van der Waals surface area (Å²) in [5.74, 6) is 6.51. The van der Waals surface area contributed by atoms with Crippen molar-refractivity contribution in [2.24, 2.45) is 0 Å². The second-order valence-electron chi connectivity index (χ2n) is 6.13. The summed E-state index contributed by atoms with van der Waals surface area (Å²) in [5.41, 5.74) is 3.53. The Bertz CT molecular complexity index is 634. The monoisotopic (exact) mass is 278 g/mol. The van der Waals surface area contributed by atoms with Crippen molar-refractivity contribution in [3.05, 3.63) is 65.2 Å². The van der Waals surface area contributed by atoms with Crippen LogP contribution in [0.25, 0.3) is 0 Å². The maximum absolute atomic E-state index is 3.26. The molecule has 0 aliphatic heterocycles. The number of hydrogen-bond acceptors (Lipinski definition) is 0. The van der Waals surface area contributed by atoms with Crippen molar-refractivity contribution < 1.29 is 0 Å². The zero-order chi connectivity index (χ0) is 14.6. The van der Waals surface area contributed by atoms with Crippen LogP contribution in [0.5, 0.6) is 0 Å². The molecule has 0 aliphatic rings. The van der Waals surface area contributed by atoms with Crippen molar-refractivity contribution >= 4 is 13.3 Å². The van der Waals surface area contributed by atoms with Crippen LogP contribution in [0.2, 0.25) is 19.6 Å². The molecule has 0 N–H and O–H groups in total. The van der Waals surface area contributed by atoms with Crippen LogP contribution < -0.4 is 5.19 Å². The predicted molar refractivity (Wildman–Crippen MR) is 91.2 cm³/mol. The van der Waals surface area contributed by atoms with Crippen LogP contribution in [0, 0.1) is 11.8 Å². The first kappa shape index (κ1) is 14.6. The molecule has 0 amide bonds. The van der Waals surface area contributed by atoms with E-state index in [4.69, 9.17) is 0 Å². The Morgan fingerprint density at radius 1 is 0.850 bits per heavy atom. The molecule has 2 aromatic carbocycles. The van der Waals surface area contributed by atoms with E-state index < -0.39 is 8.07 Å². The topological polar surface area (TPSA) is 0 Å². The van der Waals surface area contributed by atoms with Gasteiger partial charge >= 0.3 is 0 Å². The summed E-state index contributed by atoms with van der Waals surface area (Å²) in [4.78, 5) is 0. The summed E-state index contributed by atoms with van der Waals surface area (Å²) in [6, 6.07) is 17.2. The van der Waals surface area contributed by atoms with Gasteiger partial charge in [-0.05, 0) is 36.2 Å². The van der Waals surface area contributed by atoms with E-state index in [-0.39, 0.29) is 0 Å². The van der Waals surface area contributed by atoms with E-state index in [1.54, 1.807) is 0 Å². The first-order valence-corrected chi connectivity index (χ1v) is 10.7. The van der Waals surface area contributed by atoms with Gasteiger partial charge in [-0.25, -0.2) is 0 Å². The molecule has 0 heterocycles. The van der Waals surface area contributed by atoms with Crippen LogP contribution in [0.4, 0.5) is 0 Å². The molecule has 102 valence electrons. The molecule has 0 aromatic heterocycles. The molecule has 0 fully saturated rings. The van der Waals surface area contributed by atoms with Gasteiger partial charge < -0.3 is 0 Å². The van der Waals surface area contributed by atoms with Crippen LogP contribution in [0.1, 0.15) is 23.6 Å². The van der Waals surface area contributed by atoms with Crippen LogP contribution in [-0.4, -0.2) is 8.07 Å². The van der Waals surface area contributed by atoms with Gasteiger partial charge in [-0.1, -0.05) is 67.9 Å². The zero-order valence-electron chi connectivity index (χ0n) is 12.8. The molecular weight excluding hydrogens is 256 g/mol. The van der Waals surface area contributed by atoms with Gasteiger partial charge in [0.25, 0.3) is 0 Å². The minimum Gasteiger partial charge on any atom is -0.0656 e. The number of hydrogen-bond donors (Lipinski definition) is 0. The lowest BCUT2D eigenvalue weighted by Gasteiger charge is -2.15.